The molecule has 1 aliphatic rings. The molecule has 0 aliphatic carbocycles. The second kappa shape index (κ2) is 5.61. The van der Waals surface area contributed by atoms with Gasteiger partial charge in [-0.15, -0.1) is 0 Å². The van der Waals surface area contributed by atoms with Gasteiger partial charge in [0.2, 0.25) is 0 Å². The number of benzene rings is 1. The summed E-state index contributed by atoms with van der Waals surface area (Å²) < 4.78 is 27.7. The number of ether oxygens (including phenoxy) is 1. The second-order valence-corrected chi connectivity index (χ2v) is 6.90. The zero-order valence-corrected chi connectivity index (χ0v) is 11.4. The fourth-order valence-electron chi connectivity index (χ4n) is 2.12. The molecule has 0 fully saturated rings. The number of hydrogen-bond donors (Lipinski definition) is 1. The van der Waals surface area contributed by atoms with E-state index in [0.717, 1.165) is 30.8 Å². The predicted octanol–water partition coefficient (Wildman–Crippen LogP) is 1.86. The fraction of sp³-hybridized carbons (Fsp3) is 0.538. The van der Waals surface area contributed by atoms with Crippen molar-refractivity contribution in [2.45, 2.75) is 19.3 Å². The smallest absolute Gasteiger partial charge is 0.147 e. The van der Waals surface area contributed by atoms with Crippen molar-refractivity contribution < 1.29 is 13.2 Å². The summed E-state index contributed by atoms with van der Waals surface area (Å²) in [7, 11) is -2.89. The first kappa shape index (κ1) is 13.2. The summed E-state index contributed by atoms with van der Waals surface area (Å²) in [4.78, 5) is 0. The van der Waals surface area contributed by atoms with Crippen LogP contribution < -0.4 is 10.1 Å². The molecule has 0 amide bonds. The monoisotopic (exact) mass is 269 g/mol. The van der Waals surface area contributed by atoms with E-state index in [4.69, 9.17) is 4.74 Å². The normalized spacial score (nSPS) is 14.7. The molecular formula is C13H19NO3S. The van der Waals surface area contributed by atoms with E-state index in [1.54, 1.807) is 0 Å². The van der Waals surface area contributed by atoms with Crippen molar-refractivity contribution in [1.82, 2.24) is 0 Å². The Morgan fingerprint density at radius 1 is 1.39 bits per heavy atom. The predicted molar refractivity (Wildman–Crippen MR) is 73.1 cm³/mol. The summed E-state index contributed by atoms with van der Waals surface area (Å²) in [5, 5.41) is 3.34. The van der Waals surface area contributed by atoms with Gasteiger partial charge in [0, 0.05) is 24.1 Å². The zero-order chi connectivity index (χ0) is 13.0. The molecule has 1 heterocycles. The molecule has 1 N–H and O–H groups in total. The lowest BCUT2D eigenvalue weighted by molar-refractivity contribution is 0.314. The number of rotatable bonds is 5. The topological polar surface area (TPSA) is 55.4 Å². The van der Waals surface area contributed by atoms with Gasteiger partial charge in [0.05, 0.1) is 12.4 Å². The van der Waals surface area contributed by atoms with Crippen LogP contribution in [0.25, 0.3) is 0 Å². The third-order valence-electron chi connectivity index (χ3n) is 2.97. The van der Waals surface area contributed by atoms with Crippen LogP contribution in [0.5, 0.6) is 5.75 Å². The molecule has 0 saturated carbocycles. The molecule has 4 nitrogen and oxygen atoms in total. The molecule has 1 aromatic carbocycles. The minimum Gasteiger partial charge on any atom is -0.493 e. The molecule has 2 rings (SSSR count). The van der Waals surface area contributed by atoms with Crippen LogP contribution in [0.2, 0.25) is 0 Å². The molecule has 0 aromatic heterocycles. The Bertz CT molecular complexity index is 511. The van der Waals surface area contributed by atoms with Crippen molar-refractivity contribution in [2.75, 3.05) is 30.5 Å². The highest BCUT2D eigenvalue weighted by atomic mass is 32.2. The molecule has 0 unspecified atom stereocenters. The molecular weight excluding hydrogens is 250 g/mol. The Balaban J connectivity index is 1.93. The molecule has 18 heavy (non-hydrogen) atoms. The minimum absolute atomic E-state index is 0.181. The largest absolute Gasteiger partial charge is 0.493 e. The second-order valence-electron chi connectivity index (χ2n) is 4.64. The van der Waals surface area contributed by atoms with Crippen molar-refractivity contribution in [3.63, 3.8) is 0 Å². The summed E-state index contributed by atoms with van der Waals surface area (Å²) in [6.45, 7) is 1.45. The highest BCUT2D eigenvalue weighted by Gasteiger charge is 2.13. The van der Waals surface area contributed by atoms with Crippen LogP contribution >= 0.6 is 0 Å². The maximum absolute atomic E-state index is 11.0. The highest BCUT2D eigenvalue weighted by Crippen LogP contribution is 2.30. The lowest BCUT2D eigenvalue weighted by Crippen LogP contribution is -2.14. The molecule has 0 spiro atoms. The molecule has 100 valence electrons. The molecule has 0 atom stereocenters. The van der Waals surface area contributed by atoms with Crippen molar-refractivity contribution >= 4 is 15.5 Å². The summed E-state index contributed by atoms with van der Waals surface area (Å²) in [6.07, 6.45) is 3.92. The summed E-state index contributed by atoms with van der Waals surface area (Å²) >= 11 is 0. The molecule has 1 aliphatic heterocycles. The quantitative estimate of drug-likeness (QED) is 0.829. The van der Waals surface area contributed by atoms with Crippen LogP contribution in [-0.4, -0.2) is 33.6 Å². The number of fused-ring (bicyclic) bond motifs is 1. The van der Waals surface area contributed by atoms with Gasteiger partial charge in [-0.3, -0.25) is 0 Å². The summed E-state index contributed by atoms with van der Waals surface area (Å²) in [5.41, 5.74) is 2.35. The van der Waals surface area contributed by atoms with Gasteiger partial charge in [0.25, 0.3) is 0 Å². The van der Waals surface area contributed by atoms with Crippen LogP contribution in [0, 0.1) is 0 Å². The Kier molecular flexibility index (Phi) is 4.11. The fourth-order valence-corrected chi connectivity index (χ4v) is 2.76. The number of hydrogen-bond acceptors (Lipinski definition) is 4. The molecule has 0 radical (unpaired) electrons. The van der Waals surface area contributed by atoms with Gasteiger partial charge >= 0.3 is 0 Å². The van der Waals surface area contributed by atoms with E-state index >= 15 is 0 Å². The van der Waals surface area contributed by atoms with E-state index in [9.17, 15) is 8.42 Å². The number of anilines is 1. The third-order valence-corrected chi connectivity index (χ3v) is 4.00. The average Bonchev–Trinajstić information content (AvgIpc) is 2.33. The van der Waals surface area contributed by atoms with Gasteiger partial charge in [0.15, 0.2) is 0 Å². The average molecular weight is 269 g/mol. The SMILES string of the molecule is CS(=O)(=O)CCCOc1cccc2c1CCCN2. The Hall–Kier alpha value is -1.23. The van der Waals surface area contributed by atoms with E-state index in [1.165, 1.54) is 11.8 Å². The highest BCUT2D eigenvalue weighted by molar-refractivity contribution is 7.90. The van der Waals surface area contributed by atoms with Crippen LogP contribution in [0.1, 0.15) is 18.4 Å². The lowest BCUT2D eigenvalue weighted by Gasteiger charge is -2.20. The number of nitrogens with one attached hydrogen (secondary N) is 1. The van der Waals surface area contributed by atoms with Gasteiger partial charge in [-0.1, -0.05) is 6.07 Å². The third kappa shape index (κ3) is 3.63. The van der Waals surface area contributed by atoms with Gasteiger partial charge in [-0.05, 0) is 31.4 Å². The maximum atomic E-state index is 11.0. The first-order chi connectivity index (χ1) is 8.56. The molecule has 0 saturated heterocycles. The maximum Gasteiger partial charge on any atom is 0.147 e. The summed E-state index contributed by atoms with van der Waals surface area (Å²) in [6, 6.07) is 5.97. The molecule has 0 bridgehead atoms. The van der Waals surface area contributed by atoms with Gasteiger partial charge in [-0.2, -0.15) is 0 Å². The van der Waals surface area contributed by atoms with Crippen LogP contribution in [0.15, 0.2) is 18.2 Å². The first-order valence-electron chi connectivity index (χ1n) is 6.22. The molecule has 5 heteroatoms. The van der Waals surface area contributed by atoms with E-state index in [2.05, 4.69) is 11.4 Å². The van der Waals surface area contributed by atoms with Crippen LogP contribution in [0.4, 0.5) is 5.69 Å². The van der Waals surface area contributed by atoms with Gasteiger partial charge in [0.1, 0.15) is 15.6 Å². The first-order valence-corrected chi connectivity index (χ1v) is 8.28. The Labute approximate surface area is 108 Å². The van der Waals surface area contributed by atoms with E-state index in [0.29, 0.717) is 13.0 Å². The van der Waals surface area contributed by atoms with E-state index in [1.807, 2.05) is 12.1 Å². The van der Waals surface area contributed by atoms with Crippen LogP contribution in [0.3, 0.4) is 0 Å². The van der Waals surface area contributed by atoms with Crippen molar-refractivity contribution in [2.24, 2.45) is 0 Å². The zero-order valence-electron chi connectivity index (χ0n) is 10.6. The van der Waals surface area contributed by atoms with Crippen LogP contribution in [-0.2, 0) is 16.3 Å². The van der Waals surface area contributed by atoms with Crippen molar-refractivity contribution in [3.8, 4) is 5.75 Å². The Morgan fingerprint density at radius 3 is 3.00 bits per heavy atom. The number of sulfone groups is 1. The van der Waals surface area contributed by atoms with E-state index in [-0.39, 0.29) is 5.75 Å². The standard InChI is InChI=1S/C13H19NO3S/c1-18(15,16)10-4-9-17-13-7-2-6-12-11(13)5-3-8-14-12/h2,6-7,14H,3-5,8-10H2,1H3. The van der Waals surface area contributed by atoms with E-state index < -0.39 is 9.84 Å². The Morgan fingerprint density at radius 2 is 2.22 bits per heavy atom. The van der Waals surface area contributed by atoms with Gasteiger partial charge < -0.3 is 10.1 Å². The lowest BCUT2D eigenvalue weighted by atomic mass is 10.0. The molecule has 1 aromatic rings. The summed E-state index contributed by atoms with van der Waals surface area (Å²) in [5.74, 6) is 1.06. The van der Waals surface area contributed by atoms with Gasteiger partial charge in [-0.25, -0.2) is 8.42 Å². The minimum atomic E-state index is -2.89. The van der Waals surface area contributed by atoms with Crippen molar-refractivity contribution in [3.05, 3.63) is 23.8 Å². The van der Waals surface area contributed by atoms with Crippen molar-refractivity contribution in [1.29, 1.82) is 0 Å².